The molecule has 9 heteroatoms. The number of anilines is 2. The number of carbonyl (C=O) groups is 3. The van der Waals surface area contributed by atoms with Gasteiger partial charge in [-0.25, -0.2) is 4.90 Å². The maximum Gasteiger partial charge on any atom is 0.271 e. The van der Waals surface area contributed by atoms with Crippen molar-refractivity contribution in [2.75, 3.05) is 50.3 Å². The van der Waals surface area contributed by atoms with Crippen LogP contribution >= 0.6 is 0 Å². The number of methoxy groups -OCH3 is 2. The number of amides is 3. The highest BCUT2D eigenvalue weighted by molar-refractivity contribution is 6.38. The molecule has 0 aromatic heterocycles. The molecule has 0 unspecified atom stereocenters. The lowest BCUT2D eigenvalue weighted by Gasteiger charge is -2.28. The fourth-order valence-corrected chi connectivity index (χ4v) is 3.80. The van der Waals surface area contributed by atoms with Gasteiger partial charge in [0.25, 0.3) is 17.7 Å². The van der Waals surface area contributed by atoms with Gasteiger partial charge in [-0.15, -0.1) is 0 Å². The van der Waals surface area contributed by atoms with Crippen molar-refractivity contribution in [1.82, 2.24) is 0 Å². The molecule has 0 spiro atoms. The second-order valence-electron chi connectivity index (χ2n) is 7.95. The van der Waals surface area contributed by atoms with Crippen molar-refractivity contribution in [2.45, 2.75) is 6.92 Å². The molecule has 184 valence electrons. The van der Waals surface area contributed by atoms with Crippen molar-refractivity contribution in [3.8, 4) is 5.75 Å². The number of phenolic OH excluding ortho intramolecular Hbond substituents is 1. The number of aromatic hydroxyl groups is 1. The number of hydrogen-bond donors (Lipinski definition) is 2. The van der Waals surface area contributed by atoms with Gasteiger partial charge in [-0.05, 0) is 60.5 Å². The van der Waals surface area contributed by atoms with Gasteiger partial charge < -0.3 is 25.2 Å². The van der Waals surface area contributed by atoms with Gasteiger partial charge in [0, 0.05) is 38.6 Å². The number of phenols is 1. The highest BCUT2D eigenvalue weighted by Gasteiger charge is 2.38. The summed E-state index contributed by atoms with van der Waals surface area (Å²) in [5.74, 6) is -2.33. The standard InChI is InChI=1S/C26H29N3O6/c1-17-22(16-18-4-6-19(7-5-18)28(12-14-34-2)13-15-35-3)25(32)29(26(33)23(17)24(27)31)20-8-10-21(30)11-9-20/h4-11,16,30H,12-15H2,1-3H3,(H2,27,31). The summed E-state index contributed by atoms with van der Waals surface area (Å²) in [6, 6.07) is 13.1. The monoisotopic (exact) mass is 479 g/mol. The van der Waals surface area contributed by atoms with E-state index in [2.05, 4.69) is 4.90 Å². The lowest BCUT2D eigenvalue weighted by molar-refractivity contribution is -0.125. The second kappa shape index (κ2) is 11.5. The Bertz CT molecular complexity index is 1140. The average molecular weight is 480 g/mol. The minimum absolute atomic E-state index is 0.0200. The number of ether oxygens (including phenoxy) is 2. The van der Waals surface area contributed by atoms with Gasteiger partial charge in [-0.1, -0.05) is 12.1 Å². The summed E-state index contributed by atoms with van der Waals surface area (Å²) in [6.07, 6.45) is 1.62. The third-order valence-corrected chi connectivity index (χ3v) is 5.68. The Kier molecular flexibility index (Phi) is 8.40. The van der Waals surface area contributed by atoms with Crippen LogP contribution in [0.15, 0.2) is 65.3 Å². The van der Waals surface area contributed by atoms with Crippen LogP contribution in [-0.2, 0) is 23.9 Å². The number of carbonyl (C=O) groups excluding carboxylic acids is 3. The van der Waals surface area contributed by atoms with Gasteiger partial charge in [-0.3, -0.25) is 14.4 Å². The normalized spacial score (nSPS) is 15.2. The van der Waals surface area contributed by atoms with Crippen molar-refractivity contribution >= 4 is 35.2 Å². The van der Waals surface area contributed by atoms with E-state index in [1.165, 1.54) is 31.2 Å². The van der Waals surface area contributed by atoms with Crippen molar-refractivity contribution < 1.29 is 29.0 Å². The minimum atomic E-state index is -0.919. The number of primary amides is 1. The molecule has 3 amide bonds. The Labute approximate surface area is 204 Å². The zero-order chi connectivity index (χ0) is 25.5. The van der Waals surface area contributed by atoms with Gasteiger partial charge in [0.1, 0.15) is 11.3 Å². The van der Waals surface area contributed by atoms with Crippen LogP contribution in [0.4, 0.5) is 11.4 Å². The molecule has 1 aliphatic heterocycles. The van der Waals surface area contributed by atoms with Gasteiger partial charge in [0.15, 0.2) is 0 Å². The lowest BCUT2D eigenvalue weighted by Crippen LogP contribution is -2.46. The van der Waals surface area contributed by atoms with E-state index >= 15 is 0 Å². The van der Waals surface area contributed by atoms with Crippen molar-refractivity contribution in [1.29, 1.82) is 0 Å². The fourth-order valence-electron chi connectivity index (χ4n) is 3.80. The molecule has 0 atom stereocenters. The quantitative estimate of drug-likeness (QED) is 0.304. The van der Waals surface area contributed by atoms with Crippen LogP contribution in [0.2, 0.25) is 0 Å². The van der Waals surface area contributed by atoms with E-state index in [9.17, 15) is 19.5 Å². The van der Waals surface area contributed by atoms with Gasteiger partial charge in [-0.2, -0.15) is 0 Å². The molecule has 0 aliphatic carbocycles. The molecule has 0 fully saturated rings. The van der Waals surface area contributed by atoms with E-state index < -0.39 is 17.7 Å². The van der Waals surface area contributed by atoms with Crippen molar-refractivity contribution in [3.63, 3.8) is 0 Å². The van der Waals surface area contributed by atoms with E-state index in [-0.39, 0.29) is 28.2 Å². The predicted octanol–water partition coefficient (Wildman–Crippen LogP) is 2.25. The highest BCUT2D eigenvalue weighted by Crippen LogP contribution is 2.31. The molecule has 0 saturated heterocycles. The molecule has 0 bridgehead atoms. The third kappa shape index (κ3) is 5.76. The summed E-state index contributed by atoms with van der Waals surface area (Å²) in [7, 11) is 3.29. The van der Waals surface area contributed by atoms with Gasteiger partial charge in [0.2, 0.25) is 0 Å². The van der Waals surface area contributed by atoms with Crippen LogP contribution in [0.1, 0.15) is 12.5 Å². The Balaban J connectivity index is 1.99. The summed E-state index contributed by atoms with van der Waals surface area (Å²) in [6.45, 7) is 4.02. The molecule has 0 saturated carbocycles. The predicted molar refractivity (Wildman–Crippen MR) is 133 cm³/mol. The number of rotatable bonds is 10. The summed E-state index contributed by atoms with van der Waals surface area (Å²) >= 11 is 0. The number of nitrogens with two attached hydrogens (primary N) is 1. The van der Waals surface area contributed by atoms with Crippen molar-refractivity contribution in [3.05, 3.63) is 70.8 Å². The molecular formula is C26H29N3O6. The largest absolute Gasteiger partial charge is 0.508 e. The highest BCUT2D eigenvalue weighted by atomic mass is 16.5. The first-order chi connectivity index (χ1) is 16.8. The zero-order valence-corrected chi connectivity index (χ0v) is 20.0. The van der Waals surface area contributed by atoms with Crippen LogP contribution in [0.3, 0.4) is 0 Å². The Morgan fingerprint density at radius 1 is 0.971 bits per heavy atom. The molecule has 9 nitrogen and oxygen atoms in total. The molecule has 2 aromatic rings. The van der Waals surface area contributed by atoms with Crippen LogP contribution in [-0.4, -0.2) is 63.4 Å². The number of nitrogens with zero attached hydrogens (tertiary/aromatic N) is 2. The third-order valence-electron chi connectivity index (χ3n) is 5.68. The molecule has 1 aliphatic rings. The Morgan fingerprint density at radius 3 is 2.06 bits per heavy atom. The van der Waals surface area contributed by atoms with E-state index in [1.807, 2.05) is 24.3 Å². The fraction of sp³-hybridized carbons (Fsp3) is 0.269. The first-order valence-electron chi connectivity index (χ1n) is 11.0. The van der Waals surface area contributed by atoms with Crippen LogP contribution < -0.4 is 15.5 Å². The maximum absolute atomic E-state index is 13.4. The first-order valence-corrected chi connectivity index (χ1v) is 11.0. The average Bonchev–Trinajstić information content (AvgIpc) is 2.83. The molecule has 1 heterocycles. The van der Waals surface area contributed by atoms with Crippen LogP contribution in [0.25, 0.3) is 6.08 Å². The smallest absolute Gasteiger partial charge is 0.271 e. The second-order valence-corrected chi connectivity index (χ2v) is 7.95. The minimum Gasteiger partial charge on any atom is -0.508 e. The number of imide groups is 1. The SMILES string of the molecule is COCCN(CCOC)c1ccc(C=C2C(=O)N(c3ccc(O)cc3)C(=O)C(C(N)=O)=C2C)cc1. The summed E-state index contributed by atoms with van der Waals surface area (Å²) in [4.78, 5) is 41.5. The molecule has 3 N–H and O–H groups in total. The molecule has 0 radical (unpaired) electrons. The molecule has 3 rings (SSSR count). The Hall–Kier alpha value is -3.95. The topological polar surface area (TPSA) is 122 Å². The van der Waals surface area contributed by atoms with E-state index in [1.54, 1.807) is 20.3 Å². The zero-order valence-electron chi connectivity index (χ0n) is 20.0. The van der Waals surface area contributed by atoms with Gasteiger partial charge in [0.05, 0.1) is 18.9 Å². The van der Waals surface area contributed by atoms with Crippen molar-refractivity contribution in [2.24, 2.45) is 5.73 Å². The molecular weight excluding hydrogens is 450 g/mol. The van der Waals surface area contributed by atoms with E-state index in [4.69, 9.17) is 15.2 Å². The van der Waals surface area contributed by atoms with Crippen LogP contribution in [0, 0.1) is 0 Å². The summed E-state index contributed by atoms with van der Waals surface area (Å²) in [5.41, 5.74) is 7.52. The summed E-state index contributed by atoms with van der Waals surface area (Å²) < 4.78 is 10.4. The lowest BCUT2D eigenvalue weighted by atomic mass is 9.92. The van der Waals surface area contributed by atoms with E-state index in [0.29, 0.717) is 31.9 Å². The number of benzene rings is 2. The maximum atomic E-state index is 13.4. The van der Waals surface area contributed by atoms with Crippen LogP contribution in [0.5, 0.6) is 5.75 Å². The number of hydrogen-bond acceptors (Lipinski definition) is 7. The first kappa shape index (κ1) is 25.7. The molecule has 2 aromatic carbocycles. The van der Waals surface area contributed by atoms with E-state index in [0.717, 1.165) is 10.6 Å². The molecule has 35 heavy (non-hydrogen) atoms. The Morgan fingerprint density at radius 2 is 1.54 bits per heavy atom. The summed E-state index contributed by atoms with van der Waals surface area (Å²) in [5, 5.41) is 9.57. The van der Waals surface area contributed by atoms with Gasteiger partial charge >= 0.3 is 0 Å².